The molecule has 1 saturated heterocycles. The lowest BCUT2D eigenvalue weighted by Crippen LogP contribution is -2.62. The van der Waals surface area contributed by atoms with Gasteiger partial charge in [0, 0.05) is 23.5 Å². The van der Waals surface area contributed by atoms with Crippen molar-refractivity contribution < 1.29 is 33.6 Å². The topological polar surface area (TPSA) is 233 Å². The average Bonchev–Trinajstić information content (AvgIpc) is 3.44. The van der Waals surface area contributed by atoms with Crippen LogP contribution < -0.4 is 37.6 Å². The molecule has 0 spiro atoms. The van der Waals surface area contributed by atoms with Crippen LogP contribution in [0.1, 0.15) is 66.4 Å². The molecule has 1 aliphatic rings. The Bertz CT molecular complexity index is 1540. The van der Waals surface area contributed by atoms with Gasteiger partial charge >= 0.3 is 0 Å². The maximum absolute atomic E-state index is 13.9. The van der Waals surface area contributed by atoms with Crippen LogP contribution in [0.15, 0.2) is 30.5 Å². The van der Waals surface area contributed by atoms with Crippen molar-refractivity contribution >= 4 is 52.3 Å². The summed E-state index contributed by atoms with van der Waals surface area (Å²) in [6.45, 7) is 10.2. The molecule has 2 aromatic rings. The second-order valence-corrected chi connectivity index (χ2v) is 13.4. The molecule has 2 heterocycles. The summed E-state index contributed by atoms with van der Waals surface area (Å²) in [4.78, 5) is 96.2. The van der Waals surface area contributed by atoms with Crippen LogP contribution in [0.5, 0.6) is 0 Å². The van der Waals surface area contributed by atoms with Gasteiger partial charge in [0.1, 0.15) is 30.2 Å². The van der Waals surface area contributed by atoms with Crippen molar-refractivity contribution in [2.75, 3.05) is 6.54 Å². The van der Waals surface area contributed by atoms with E-state index in [2.05, 4.69) is 36.9 Å². The molecule has 49 heavy (non-hydrogen) atoms. The number of para-hydroxylation sites is 1. The zero-order valence-electron chi connectivity index (χ0n) is 29.0. The summed E-state index contributed by atoms with van der Waals surface area (Å²) >= 11 is 0. The molecule has 1 aliphatic heterocycles. The van der Waals surface area contributed by atoms with E-state index in [1.54, 1.807) is 27.0 Å². The van der Waals surface area contributed by atoms with Gasteiger partial charge in [-0.05, 0) is 35.8 Å². The van der Waals surface area contributed by atoms with E-state index in [0.717, 1.165) is 16.5 Å². The summed E-state index contributed by atoms with van der Waals surface area (Å²) < 4.78 is 0. The molecule has 0 radical (unpaired) electrons. The van der Waals surface area contributed by atoms with E-state index < -0.39 is 96.4 Å². The number of benzene rings is 1. The molecular weight excluding hydrogens is 632 g/mol. The second-order valence-electron chi connectivity index (χ2n) is 13.4. The minimum atomic E-state index is -1.46. The zero-order valence-corrected chi connectivity index (χ0v) is 29.0. The van der Waals surface area contributed by atoms with Crippen LogP contribution in [0.4, 0.5) is 0 Å². The molecule has 15 heteroatoms. The third kappa shape index (κ3) is 10.8. The number of carbonyl (C=O) groups is 7. The number of aromatic nitrogens is 1. The molecule has 268 valence electrons. The Morgan fingerprint density at radius 3 is 2.02 bits per heavy atom. The van der Waals surface area contributed by atoms with Crippen LogP contribution in [-0.4, -0.2) is 83.1 Å². The quantitative estimate of drug-likeness (QED) is 0.179. The SMILES string of the molecule is CC[C@@H](C)[C@@H]1NC(=O)[C@@H](C(C)C)NC(=O)[C@H](CC(C)C)NC(=O)[C@H](Cc2c[nH]c3ccccc23)NC(=O)CNC(=O)[C@H](CC(N)=O)NC1=O. The van der Waals surface area contributed by atoms with Gasteiger partial charge in [0.25, 0.3) is 0 Å². The van der Waals surface area contributed by atoms with E-state index in [0.29, 0.717) is 6.42 Å². The number of primary amides is 1. The van der Waals surface area contributed by atoms with E-state index in [-0.39, 0.29) is 18.8 Å². The largest absolute Gasteiger partial charge is 0.370 e. The first kappa shape index (κ1) is 38.5. The van der Waals surface area contributed by atoms with Crippen LogP contribution in [0, 0.1) is 17.8 Å². The molecule has 1 aromatic carbocycles. The summed E-state index contributed by atoms with van der Waals surface area (Å²) in [5.74, 6) is -5.98. The number of nitrogens with one attached hydrogen (secondary N) is 7. The monoisotopic (exact) mass is 682 g/mol. The van der Waals surface area contributed by atoms with Crippen LogP contribution >= 0.6 is 0 Å². The summed E-state index contributed by atoms with van der Waals surface area (Å²) in [7, 11) is 0. The van der Waals surface area contributed by atoms with Gasteiger partial charge in [-0.25, -0.2) is 0 Å². The number of hydrogen-bond acceptors (Lipinski definition) is 7. The molecule has 15 nitrogen and oxygen atoms in total. The van der Waals surface area contributed by atoms with E-state index >= 15 is 0 Å². The average molecular weight is 683 g/mol. The molecule has 0 aliphatic carbocycles. The molecule has 0 saturated carbocycles. The maximum atomic E-state index is 13.9. The lowest BCUT2D eigenvalue weighted by molar-refractivity contribution is -0.137. The van der Waals surface area contributed by atoms with Crippen molar-refractivity contribution in [3.63, 3.8) is 0 Å². The fourth-order valence-corrected chi connectivity index (χ4v) is 5.65. The van der Waals surface area contributed by atoms with Gasteiger partial charge in [-0.15, -0.1) is 0 Å². The van der Waals surface area contributed by atoms with E-state index in [1.807, 2.05) is 45.0 Å². The van der Waals surface area contributed by atoms with Gasteiger partial charge in [-0.2, -0.15) is 0 Å². The highest BCUT2D eigenvalue weighted by atomic mass is 16.2. The van der Waals surface area contributed by atoms with Crippen molar-refractivity contribution in [1.29, 1.82) is 0 Å². The minimum absolute atomic E-state index is 0.0380. The molecule has 9 N–H and O–H groups in total. The van der Waals surface area contributed by atoms with Gasteiger partial charge in [0.15, 0.2) is 0 Å². The predicted molar refractivity (Wildman–Crippen MR) is 182 cm³/mol. The van der Waals surface area contributed by atoms with Crippen LogP contribution in [0.2, 0.25) is 0 Å². The Hall–Kier alpha value is -4.95. The number of rotatable bonds is 9. The lowest BCUT2D eigenvalue weighted by atomic mass is 9.95. The zero-order chi connectivity index (χ0) is 36.4. The number of amides is 7. The van der Waals surface area contributed by atoms with Gasteiger partial charge in [-0.3, -0.25) is 33.6 Å². The second kappa shape index (κ2) is 17.4. The Morgan fingerprint density at radius 1 is 0.776 bits per heavy atom. The number of nitrogens with two attached hydrogens (primary N) is 1. The minimum Gasteiger partial charge on any atom is -0.370 e. The third-order valence-electron chi connectivity index (χ3n) is 8.59. The number of carbonyl (C=O) groups excluding carboxylic acids is 7. The van der Waals surface area contributed by atoms with Crippen LogP contribution in [0.25, 0.3) is 10.9 Å². The van der Waals surface area contributed by atoms with E-state index in [9.17, 15) is 33.6 Å². The highest BCUT2D eigenvalue weighted by Gasteiger charge is 2.36. The molecule has 1 fully saturated rings. The number of aromatic amines is 1. The Morgan fingerprint density at radius 2 is 1.39 bits per heavy atom. The Balaban J connectivity index is 2.04. The highest BCUT2D eigenvalue weighted by Crippen LogP contribution is 2.20. The molecular formula is C34H50N8O7. The predicted octanol–water partition coefficient (Wildman–Crippen LogP) is -0.112. The lowest BCUT2D eigenvalue weighted by Gasteiger charge is -2.31. The van der Waals surface area contributed by atoms with Crippen molar-refractivity contribution in [2.24, 2.45) is 23.5 Å². The fourth-order valence-electron chi connectivity index (χ4n) is 5.65. The molecule has 0 bridgehead atoms. The van der Waals surface area contributed by atoms with Gasteiger partial charge in [-0.1, -0.05) is 66.2 Å². The number of hydrogen-bond donors (Lipinski definition) is 8. The Labute approximate surface area is 286 Å². The van der Waals surface area contributed by atoms with Gasteiger partial charge in [0.2, 0.25) is 41.4 Å². The molecule has 7 amide bonds. The number of fused-ring (bicyclic) bond motifs is 1. The Kier molecular flexibility index (Phi) is 13.7. The van der Waals surface area contributed by atoms with Crippen LogP contribution in [0.3, 0.4) is 0 Å². The molecule has 1 aromatic heterocycles. The van der Waals surface area contributed by atoms with Crippen molar-refractivity contribution in [1.82, 2.24) is 36.9 Å². The van der Waals surface area contributed by atoms with Crippen molar-refractivity contribution in [3.8, 4) is 0 Å². The first-order valence-electron chi connectivity index (χ1n) is 16.7. The summed E-state index contributed by atoms with van der Waals surface area (Å²) in [5, 5.41) is 16.6. The first-order chi connectivity index (χ1) is 23.1. The van der Waals surface area contributed by atoms with Crippen molar-refractivity contribution in [2.45, 2.75) is 97.4 Å². The first-order valence-corrected chi connectivity index (χ1v) is 16.7. The van der Waals surface area contributed by atoms with Gasteiger partial charge < -0.3 is 42.6 Å². The molecule has 6 atom stereocenters. The van der Waals surface area contributed by atoms with Gasteiger partial charge in [0.05, 0.1) is 13.0 Å². The third-order valence-corrected chi connectivity index (χ3v) is 8.59. The fraction of sp³-hybridized carbons (Fsp3) is 0.559. The standard InChI is InChI=1S/C34H50N8O7/c1-7-19(6)29-34(49)40-25(14-26(35)43)30(45)37-16-27(44)38-24(13-20-15-36-22-11-9-8-10-21(20)22)31(46)39-23(12-17(2)3)32(47)41-28(18(4)5)33(48)42-29/h8-11,15,17-19,23-25,28-29,36H,7,12-14,16H2,1-6H3,(H2,35,43)(H,37,45)(H,38,44)(H,39,46)(H,40,49)(H,41,47)(H,42,48)/t19-,23+,24+,25+,28-,29+/m1/s1. The van der Waals surface area contributed by atoms with E-state index in [4.69, 9.17) is 5.73 Å². The smallest absolute Gasteiger partial charge is 0.243 e. The van der Waals surface area contributed by atoms with E-state index in [1.165, 1.54) is 0 Å². The molecule has 3 rings (SSSR count). The van der Waals surface area contributed by atoms with Crippen molar-refractivity contribution in [3.05, 3.63) is 36.0 Å². The normalized spacial score (nSPS) is 24.2. The summed E-state index contributed by atoms with van der Waals surface area (Å²) in [5.41, 5.74) is 6.92. The number of H-pyrrole nitrogens is 1. The van der Waals surface area contributed by atoms with Crippen LogP contribution in [-0.2, 0) is 40.0 Å². The summed E-state index contributed by atoms with van der Waals surface area (Å²) in [6.07, 6.45) is 1.89. The highest BCUT2D eigenvalue weighted by molar-refractivity contribution is 5.99. The summed E-state index contributed by atoms with van der Waals surface area (Å²) in [6, 6.07) is 1.51. The maximum Gasteiger partial charge on any atom is 0.243 e. The molecule has 0 unspecified atom stereocenters.